The molecule has 0 radical (unpaired) electrons. The summed E-state index contributed by atoms with van der Waals surface area (Å²) >= 11 is 0. The van der Waals surface area contributed by atoms with E-state index in [9.17, 15) is 9.59 Å². The van der Waals surface area contributed by atoms with Gasteiger partial charge in [-0.1, -0.05) is 23.4 Å². The average Bonchev–Trinajstić information content (AvgIpc) is 3.30. The molecule has 1 heterocycles. The fourth-order valence-electron chi connectivity index (χ4n) is 2.42. The maximum Gasteiger partial charge on any atom is 0.322 e. The van der Waals surface area contributed by atoms with Crippen LogP contribution in [0.3, 0.4) is 0 Å². The lowest BCUT2D eigenvalue weighted by Crippen LogP contribution is -2.42. The van der Waals surface area contributed by atoms with E-state index in [1.165, 1.54) is 0 Å². The Kier molecular flexibility index (Phi) is 4.50. The smallest absolute Gasteiger partial charge is 0.322 e. The molecule has 0 atom stereocenters. The van der Waals surface area contributed by atoms with Crippen LogP contribution < -0.4 is 10.6 Å². The van der Waals surface area contributed by atoms with Gasteiger partial charge in [0.25, 0.3) is 0 Å². The van der Waals surface area contributed by atoms with Crippen LogP contribution in [0.4, 0.5) is 16.3 Å². The summed E-state index contributed by atoms with van der Waals surface area (Å²) in [4.78, 5) is 26.3. The number of rotatable bonds is 5. The summed E-state index contributed by atoms with van der Waals surface area (Å²) in [6.07, 6.45) is 1.83. The van der Waals surface area contributed by atoms with Crippen LogP contribution in [-0.4, -0.2) is 34.6 Å². The van der Waals surface area contributed by atoms with Crippen LogP contribution in [0.15, 0.2) is 34.9 Å². The quantitative estimate of drug-likeness (QED) is 0.883. The molecule has 2 aromatic rings. The number of carbonyl (C=O) groups is 2. The number of para-hydroxylation sites is 1. The van der Waals surface area contributed by atoms with Crippen molar-refractivity contribution in [2.45, 2.75) is 32.7 Å². The molecule has 1 fully saturated rings. The van der Waals surface area contributed by atoms with E-state index in [0.29, 0.717) is 11.6 Å². The Morgan fingerprint density at radius 2 is 2.00 bits per heavy atom. The van der Waals surface area contributed by atoms with E-state index in [4.69, 9.17) is 4.52 Å². The highest BCUT2D eigenvalue weighted by molar-refractivity contribution is 5.97. The Labute approximate surface area is 140 Å². The number of hydrogen-bond donors (Lipinski definition) is 2. The highest BCUT2D eigenvalue weighted by Crippen LogP contribution is 2.27. The van der Waals surface area contributed by atoms with E-state index < -0.39 is 0 Å². The van der Waals surface area contributed by atoms with Crippen molar-refractivity contribution < 1.29 is 14.1 Å². The lowest BCUT2D eigenvalue weighted by Gasteiger charge is -2.22. The number of anilines is 2. The molecule has 7 heteroatoms. The number of nitrogens with one attached hydrogen (secondary N) is 2. The molecule has 24 heavy (non-hydrogen) atoms. The number of hydrogen-bond acceptors (Lipinski definition) is 4. The molecule has 3 amide bonds. The van der Waals surface area contributed by atoms with Gasteiger partial charge in [-0.3, -0.25) is 4.79 Å². The number of urea groups is 1. The topological polar surface area (TPSA) is 87.5 Å². The second-order valence-corrected chi connectivity index (χ2v) is 5.98. The van der Waals surface area contributed by atoms with Gasteiger partial charge in [0, 0.05) is 17.8 Å². The minimum atomic E-state index is -0.296. The summed E-state index contributed by atoms with van der Waals surface area (Å²) in [6.45, 7) is 3.65. The number of nitrogens with zero attached hydrogens (tertiary/aromatic N) is 2. The van der Waals surface area contributed by atoms with Gasteiger partial charge >= 0.3 is 6.03 Å². The molecule has 1 aromatic heterocycles. The number of aromatic nitrogens is 1. The summed E-state index contributed by atoms with van der Waals surface area (Å²) in [5, 5.41) is 9.24. The van der Waals surface area contributed by atoms with Crippen LogP contribution in [0.1, 0.15) is 24.2 Å². The first-order valence-corrected chi connectivity index (χ1v) is 7.89. The molecule has 0 spiro atoms. The van der Waals surface area contributed by atoms with Crippen molar-refractivity contribution in [3.63, 3.8) is 0 Å². The third-order valence-electron chi connectivity index (χ3n) is 3.84. The number of carbonyl (C=O) groups excluding carboxylic acids is 2. The van der Waals surface area contributed by atoms with Gasteiger partial charge < -0.3 is 20.1 Å². The molecule has 1 aliphatic carbocycles. The minimum absolute atomic E-state index is 0.0196. The second kappa shape index (κ2) is 6.74. The van der Waals surface area contributed by atoms with Gasteiger partial charge in [-0.25, -0.2) is 4.79 Å². The summed E-state index contributed by atoms with van der Waals surface area (Å²) in [5.74, 6) is 0.671. The molecule has 1 aliphatic rings. The molecule has 7 nitrogen and oxygen atoms in total. The highest BCUT2D eigenvalue weighted by Gasteiger charge is 2.34. The van der Waals surface area contributed by atoms with Crippen LogP contribution in [0.25, 0.3) is 0 Å². The normalized spacial score (nSPS) is 13.4. The first-order valence-electron chi connectivity index (χ1n) is 7.89. The zero-order chi connectivity index (χ0) is 17.1. The largest absolute Gasteiger partial charge is 0.360 e. The second-order valence-electron chi connectivity index (χ2n) is 5.98. The molecule has 1 aromatic carbocycles. The third-order valence-corrected chi connectivity index (χ3v) is 3.84. The van der Waals surface area contributed by atoms with Crippen molar-refractivity contribution in [1.82, 2.24) is 10.1 Å². The predicted molar refractivity (Wildman–Crippen MR) is 89.8 cm³/mol. The maximum absolute atomic E-state index is 12.5. The molecule has 1 saturated carbocycles. The van der Waals surface area contributed by atoms with E-state index in [1.54, 1.807) is 17.9 Å². The lowest BCUT2D eigenvalue weighted by atomic mass is 10.2. The maximum atomic E-state index is 12.5. The molecule has 0 bridgehead atoms. The Balaban J connectivity index is 1.63. The summed E-state index contributed by atoms with van der Waals surface area (Å²) < 4.78 is 4.91. The Hall–Kier alpha value is -2.83. The third kappa shape index (κ3) is 3.92. The summed E-state index contributed by atoms with van der Waals surface area (Å²) in [5.41, 5.74) is 1.73. The standard InChI is InChI=1S/C17H20N4O3/c1-11-5-3-4-6-14(11)18-17(23)21(13-7-8-13)10-16(22)19-15-9-12(2)24-20-15/h3-6,9,13H,7-8,10H2,1-2H3,(H,18,23)(H,19,20,22). The van der Waals surface area contributed by atoms with Crippen LogP contribution in [-0.2, 0) is 4.79 Å². The predicted octanol–water partition coefficient (Wildman–Crippen LogP) is 2.93. The number of aryl methyl sites for hydroxylation is 2. The Bertz CT molecular complexity index is 752. The molecule has 2 N–H and O–H groups in total. The first kappa shape index (κ1) is 16.0. The Morgan fingerprint density at radius 1 is 1.25 bits per heavy atom. The van der Waals surface area contributed by atoms with E-state index in [1.807, 2.05) is 31.2 Å². The van der Waals surface area contributed by atoms with E-state index >= 15 is 0 Å². The van der Waals surface area contributed by atoms with Gasteiger partial charge in [-0.15, -0.1) is 0 Å². The summed E-state index contributed by atoms with van der Waals surface area (Å²) in [6, 6.07) is 9.03. The van der Waals surface area contributed by atoms with Gasteiger partial charge in [0.15, 0.2) is 5.82 Å². The molecular formula is C17H20N4O3. The zero-order valence-corrected chi connectivity index (χ0v) is 13.7. The van der Waals surface area contributed by atoms with Crippen molar-refractivity contribution in [2.24, 2.45) is 0 Å². The zero-order valence-electron chi connectivity index (χ0n) is 13.7. The van der Waals surface area contributed by atoms with Gasteiger partial charge in [0.05, 0.1) is 0 Å². The van der Waals surface area contributed by atoms with E-state index in [0.717, 1.165) is 24.1 Å². The fourth-order valence-corrected chi connectivity index (χ4v) is 2.42. The summed E-state index contributed by atoms with van der Waals surface area (Å²) in [7, 11) is 0. The SMILES string of the molecule is Cc1cc(NC(=O)CN(C(=O)Nc2ccccc2C)C2CC2)no1. The number of benzene rings is 1. The monoisotopic (exact) mass is 328 g/mol. The average molecular weight is 328 g/mol. The van der Waals surface area contributed by atoms with Crippen LogP contribution in [0, 0.1) is 13.8 Å². The van der Waals surface area contributed by atoms with Gasteiger partial charge in [-0.2, -0.15) is 0 Å². The molecule has 3 rings (SSSR count). The first-order chi connectivity index (χ1) is 11.5. The van der Waals surface area contributed by atoms with Crippen molar-refractivity contribution in [2.75, 3.05) is 17.2 Å². The lowest BCUT2D eigenvalue weighted by molar-refractivity contribution is -0.116. The Morgan fingerprint density at radius 3 is 2.62 bits per heavy atom. The molecule has 0 aliphatic heterocycles. The molecule has 126 valence electrons. The van der Waals surface area contributed by atoms with E-state index in [-0.39, 0.29) is 24.5 Å². The van der Waals surface area contributed by atoms with E-state index in [2.05, 4.69) is 15.8 Å². The molecule has 0 saturated heterocycles. The van der Waals surface area contributed by atoms with Crippen molar-refractivity contribution >= 4 is 23.4 Å². The van der Waals surface area contributed by atoms with Gasteiger partial charge in [0.1, 0.15) is 12.3 Å². The highest BCUT2D eigenvalue weighted by atomic mass is 16.5. The minimum Gasteiger partial charge on any atom is -0.360 e. The van der Waals surface area contributed by atoms with Crippen LogP contribution >= 0.6 is 0 Å². The van der Waals surface area contributed by atoms with Crippen molar-refractivity contribution in [1.29, 1.82) is 0 Å². The van der Waals surface area contributed by atoms with Crippen LogP contribution in [0.5, 0.6) is 0 Å². The molecule has 0 unspecified atom stereocenters. The van der Waals surface area contributed by atoms with Gasteiger partial charge in [0.2, 0.25) is 5.91 Å². The number of amides is 3. The van der Waals surface area contributed by atoms with Crippen LogP contribution in [0.2, 0.25) is 0 Å². The molecular weight excluding hydrogens is 308 g/mol. The van der Waals surface area contributed by atoms with Crippen molar-refractivity contribution in [3.05, 3.63) is 41.7 Å². The van der Waals surface area contributed by atoms with Crippen molar-refractivity contribution in [3.8, 4) is 0 Å². The fraction of sp³-hybridized carbons (Fsp3) is 0.353. The van der Waals surface area contributed by atoms with Gasteiger partial charge in [-0.05, 0) is 38.3 Å².